The highest BCUT2D eigenvalue weighted by Crippen LogP contribution is 2.26. The van der Waals surface area contributed by atoms with E-state index in [4.69, 9.17) is 9.15 Å². The molecule has 2 heterocycles. The molecule has 0 aliphatic heterocycles. The van der Waals surface area contributed by atoms with Crippen LogP contribution >= 0.6 is 0 Å². The SMILES string of the molecule is CCc1cccc(C)c1NC(=O)COC(=O)c1c(C)oc(-n2cccc2)c1C#N. The molecule has 29 heavy (non-hydrogen) atoms. The Morgan fingerprint density at radius 1 is 1.21 bits per heavy atom. The first kappa shape index (κ1) is 20.0. The summed E-state index contributed by atoms with van der Waals surface area (Å²) in [4.78, 5) is 24.9. The Morgan fingerprint density at radius 3 is 2.59 bits per heavy atom. The molecular weight excluding hydrogens is 370 g/mol. The third kappa shape index (κ3) is 4.06. The van der Waals surface area contributed by atoms with Crippen molar-refractivity contribution in [3.63, 3.8) is 0 Å². The van der Waals surface area contributed by atoms with Crippen LogP contribution in [0.15, 0.2) is 47.1 Å². The number of ether oxygens (including phenoxy) is 1. The molecular formula is C22H21N3O4. The van der Waals surface area contributed by atoms with Crippen LogP contribution in [-0.4, -0.2) is 23.1 Å². The first-order valence-electron chi connectivity index (χ1n) is 9.18. The zero-order chi connectivity index (χ0) is 21.0. The number of benzene rings is 1. The summed E-state index contributed by atoms with van der Waals surface area (Å²) in [5, 5.41) is 12.3. The highest BCUT2D eigenvalue weighted by molar-refractivity contribution is 5.98. The number of para-hydroxylation sites is 1. The summed E-state index contributed by atoms with van der Waals surface area (Å²) in [6, 6.07) is 11.3. The topological polar surface area (TPSA) is 97.3 Å². The van der Waals surface area contributed by atoms with Crippen molar-refractivity contribution in [2.45, 2.75) is 27.2 Å². The van der Waals surface area contributed by atoms with E-state index in [0.29, 0.717) is 0 Å². The van der Waals surface area contributed by atoms with Gasteiger partial charge in [0.2, 0.25) is 5.88 Å². The number of aromatic nitrogens is 1. The highest BCUT2D eigenvalue weighted by atomic mass is 16.5. The third-order valence-electron chi connectivity index (χ3n) is 4.56. The Bertz CT molecular complexity index is 1090. The predicted molar refractivity (Wildman–Crippen MR) is 107 cm³/mol. The van der Waals surface area contributed by atoms with Gasteiger partial charge in [-0.2, -0.15) is 5.26 Å². The largest absolute Gasteiger partial charge is 0.452 e. The van der Waals surface area contributed by atoms with Gasteiger partial charge in [-0.05, 0) is 43.5 Å². The number of nitrogens with one attached hydrogen (secondary N) is 1. The Kier molecular flexibility index (Phi) is 5.84. The predicted octanol–water partition coefficient (Wildman–Crippen LogP) is 3.92. The molecule has 0 radical (unpaired) electrons. The van der Waals surface area contributed by atoms with Crippen LogP contribution in [0.2, 0.25) is 0 Å². The van der Waals surface area contributed by atoms with E-state index < -0.39 is 18.5 Å². The van der Waals surface area contributed by atoms with Gasteiger partial charge in [-0.3, -0.25) is 9.36 Å². The van der Waals surface area contributed by atoms with Crippen LogP contribution in [0.3, 0.4) is 0 Å². The van der Waals surface area contributed by atoms with Crippen molar-refractivity contribution < 1.29 is 18.7 Å². The second-order valence-electron chi connectivity index (χ2n) is 6.50. The molecule has 3 rings (SSSR count). The molecule has 7 heteroatoms. The van der Waals surface area contributed by atoms with Crippen LogP contribution in [0.4, 0.5) is 5.69 Å². The van der Waals surface area contributed by atoms with E-state index in [9.17, 15) is 14.9 Å². The maximum absolute atomic E-state index is 12.6. The first-order chi connectivity index (χ1) is 14.0. The Morgan fingerprint density at radius 2 is 1.93 bits per heavy atom. The second kappa shape index (κ2) is 8.48. The minimum absolute atomic E-state index is 0.0224. The standard InChI is InChI=1S/C22H21N3O4/c1-4-16-9-7-8-14(2)20(16)24-18(26)13-28-22(27)19-15(3)29-21(17(19)12-23)25-10-5-6-11-25/h5-11H,4,13H2,1-3H3,(H,24,26). The summed E-state index contributed by atoms with van der Waals surface area (Å²) in [6.07, 6.45) is 4.17. The lowest BCUT2D eigenvalue weighted by molar-refractivity contribution is -0.119. The van der Waals surface area contributed by atoms with Crippen LogP contribution in [0.1, 0.15) is 39.7 Å². The number of nitrogens with zero attached hydrogens (tertiary/aromatic N) is 2. The monoisotopic (exact) mass is 391 g/mol. The number of amides is 1. The Hall–Kier alpha value is -3.79. The van der Waals surface area contributed by atoms with E-state index in [1.165, 1.54) is 0 Å². The van der Waals surface area contributed by atoms with Gasteiger partial charge in [0.15, 0.2) is 6.61 Å². The van der Waals surface area contributed by atoms with Gasteiger partial charge in [-0.25, -0.2) is 4.79 Å². The molecule has 1 amide bonds. The number of aryl methyl sites for hydroxylation is 3. The molecule has 7 nitrogen and oxygen atoms in total. The average molecular weight is 391 g/mol. The number of anilines is 1. The van der Waals surface area contributed by atoms with Crippen LogP contribution < -0.4 is 5.32 Å². The Labute approximate surface area is 168 Å². The van der Waals surface area contributed by atoms with Crippen LogP contribution in [0.5, 0.6) is 0 Å². The number of hydrogen-bond donors (Lipinski definition) is 1. The highest BCUT2D eigenvalue weighted by Gasteiger charge is 2.26. The maximum atomic E-state index is 12.6. The molecule has 1 N–H and O–H groups in total. The fourth-order valence-electron chi connectivity index (χ4n) is 3.11. The van der Waals surface area contributed by atoms with Crippen molar-refractivity contribution in [3.05, 3.63) is 70.7 Å². The zero-order valence-corrected chi connectivity index (χ0v) is 16.5. The molecule has 0 aliphatic carbocycles. The summed E-state index contributed by atoms with van der Waals surface area (Å²) < 4.78 is 12.3. The molecule has 0 aliphatic rings. The van der Waals surface area contributed by atoms with E-state index >= 15 is 0 Å². The molecule has 1 aromatic carbocycles. The van der Waals surface area contributed by atoms with Crippen LogP contribution in [0, 0.1) is 25.2 Å². The smallest absolute Gasteiger partial charge is 0.343 e. The number of rotatable bonds is 6. The van der Waals surface area contributed by atoms with E-state index in [1.54, 1.807) is 36.0 Å². The van der Waals surface area contributed by atoms with Crippen molar-refractivity contribution in [2.24, 2.45) is 0 Å². The summed E-state index contributed by atoms with van der Waals surface area (Å²) in [5.41, 5.74) is 2.74. The minimum Gasteiger partial charge on any atom is -0.452 e. The lowest BCUT2D eigenvalue weighted by Gasteiger charge is -2.13. The van der Waals surface area contributed by atoms with Crippen molar-refractivity contribution in [2.75, 3.05) is 11.9 Å². The number of nitriles is 1. The van der Waals surface area contributed by atoms with E-state index in [0.717, 1.165) is 23.2 Å². The molecule has 0 bridgehead atoms. The van der Waals surface area contributed by atoms with Gasteiger partial charge < -0.3 is 14.5 Å². The average Bonchev–Trinajstić information content (AvgIpc) is 3.35. The first-order valence-corrected chi connectivity index (χ1v) is 9.18. The lowest BCUT2D eigenvalue weighted by atomic mass is 10.1. The van der Waals surface area contributed by atoms with Gasteiger partial charge in [0, 0.05) is 18.1 Å². The van der Waals surface area contributed by atoms with Crippen LogP contribution in [0.25, 0.3) is 5.88 Å². The van der Waals surface area contributed by atoms with Gasteiger partial charge in [-0.1, -0.05) is 25.1 Å². The number of esters is 1. The number of carbonyl (C=O) groups is 2. The summed E-state index contributed by atoms with van der Waals surface area (Å²) >= 11 is 0. The molecule has 0 atom stereocenters. The normalized spacial score (nSPS) is 10.4. The molecule has 0 spiro atoms. The van der Waals surface area contributed by atoms with Crippen molar-refractivity contribution in [3.8, 4) is 12.0 Å². The summed E-state index contributed by atoms with van der Waals surface area (Å²) in [5.74, 6) is -0.744. The van der Waals surface area contributed by atoms with Crippen molar-refractivity contribution in [1.82, 2.24) is 4.57 Å². The second-order valence-corrected chi connectivity index (χ2v) is 6.50. The van der Waals surface area contributed by atoms with Crippen LogP contribution in [-0.2, 0) is 16.0 Å². The van der Waals surface area contributed by atoms with Gasteiger partial charge in [0.05, 0.1) is 0 Å². The minimum atomic E-state index is -0.781. The molecule has 2 aromatic heterocycles. The van der Waals surface area contributed by atoms with Crippen molar-refractivity contribution >= 4 is 17.6 Å². The molecule has 0 saturated carbocycles. The fraction of sp³-hybridized carbons (Fsp3) is 0.227. The third-order valence-corrected chi connectivity index (χ3v) is 4.56. The van der Waals surface area contributed by atoms with Gasteiger partial charge in [0.25, 0.3) is 5.91 Å². The Balaban J connectivity index is 1.74. The van der Waals surface area contributed by atoms with Gasteiger partial charge in [0.1, 0.15) is 23.0 Å². The lowest BCUT2D eigenvalue weighted by Crippen LogP contribution is -2.22. The number of furan rings is 1. The molecule has 3 aromatic rings. The quantitative estimate of drug-likeness (QED) is 0.643. The number of hydrogen-bond acceptors (Lipinski definition) is 5. The van der Waals surface area contributed by atoms with Gasteiger partial charge in [-0.15, -0.1) is 0 Å². The summed E-state index contributed by atoms with van der Waals surface area (Å²) in [7, 11) is 0. The molecule has 0 saturated heterocycles. The fourth-order valence-corrected chi connectivity index (χ4v) is 3.11. The molecule has 148 valence electrons. The van der Waals surface area contributed by atoms with E-state index in [-0.39, 0.29) is 22.8 Å². The summed E-state index contributed by atoms with van der Waals surface area (Å²) in [6.45, 7) is 5.01. The van der Waals surface area contributed by atoms with E-state index in [2.05, 4.69) is 5.32 Å². The maximum Gasteiger partial charge on any atom is 0.343 e. The molecule has 0 fully saturated rings. The van der Waals surface area contributed by atoms with E-state index in [1.807, 2.05) is 38.1 Å². The number of carbonyl (C=O) groups excluding carboxylic acids is 2. The molecule has 0 unspecified atom stereocenters. The zero-order valence-electron chi connectivity index (χ0n) is 16.5. The van der Waals surface area contributed by atoms with Gasteiger partial charge >= 0.3 is 5.97 Å². The van der Waals surface area contributed by atoms with Crippen molar-refractivity contribution in [1.29, 1.82) is 5.26 Å².